The molecule has 7 nitrogen and oxygen atoms in total. The van der Waals surface area contributed by atoms with E-state index in [1.807, 2.05) is 0 Å². The second-order valence-electron chi connectivity index (χ2n) is 6.34. The smallest absolute Gasteiger partial charge is 0.226 e. The summed E-state index contributed by atoms with van der Waals surface area (Å²) < 4.78 is 0. The molecule has 0 aromatic heterocycles. The van der Waals surface area contributed by atoms with Gasteiger partial charge in [-0.25, -0.2) is 0 Å². The van der Waals surface area contributed by atoms with Crippen LogP contribution < -0.4 is 15.5 Å². The third kappa shape index (κ3) is 6.05. The van der Waals surface area contributed by atoms with E-state index in [4.69, 9.17) is 0 Å². The zero-order valence-electron chi connectivity index (χ0n) is 16.1. The molecule has 7 heteroatoms. The van der Waals surface area contributed by atoms with Crippen LogP contribution in [-0.4, -0.2) is 30.0 Å². The molecule has 0 aliphatic rings. The first-order chi connectivity index (χ1) is 13.3. The maximum absolute atomic E-state index is 12.3. The van der Waals surface area contributed by atoms with Crippen molar-refractivity contribution in [1.82, 2.24) is 0 Å². The van der Waals surface area contributed by atoms with Gasteiger partial charge in [-0.05, 0) is 37.3 Å². The summed E-state index contributed by atoms with van der Waals surface area (Å²) in [6.07, 6.45) is 0.0776. The molecule has 28 heavy (non-hydrogen) atoms. The summed E-state index contributed by atoms with van der Waals surface area (Å²) in [6.45, 7) is 4.45. The van der Waals surface area contributed by atoms with Crippen LogP contribution in [0.2, 0.25) is 0 Å². The summed E-state index contributed by atoms with van der Waals surface area (Å²) in [5.74, 6) is -0.786. The lowest BCUT2D eigenvalue weighted by Gasteiger charge is -2.21. The number of rotatable bonds is 7. The van der Waals surface area contributed by atoms with Crippen molar-refractivity contribution in [3.05, 3.63) is 54.1 Å². The summed E-state index contributed by atoms with van der Waals surface area (Å²) in [6, 6.07) is 13.5. The highest BCUT2D eigenvalue weighted by atomic mass is 16.2. The average molecular weight is 381 g/mol. The van der Waals surface area contributed by atoms with Gasteiger partial charge in [0.25, 0.3) is 0 Å². The van der Waals surface area contributed by atoms with E-state index in [1.54, 1.807) is 48.5 Å². The summed E-state index contributed by atoms with van der Waals surface area (Å²) >= 11 is 0. The Bertz CT molecular complexity index is 908. The van der Waals surface area contributed by atoms with Gasteiger partial charge < -0.3 is 15.5 Å². The van der Waals surface area contributed by atoms with Crippen LogP contribution in [0.3, 0.4) is 0 Å². The van der Waals surface area contributed by atoms with E-state index in [2.05, 4.69) is 10.6 Å². The van der Waals surface area contributed by atoms with Gasteiger partial charge in [-0.15, -0.1) is 0 Å². The molecular weight excluding hydrogens is 358 g/mol. The fraction of sp³-hybridized carbons (Fsp3) is 0.238. The fourth-order valence-corrected chi connectivity index (χ4v) is 2.68. The minimum atomic E-state index is -0.269. The number of ketones is 1. The quantitative estimate of drug-likeness (QED) is 0.720. The maximum Gasteiger partial charge on any atom is 0.226 e. The molecule has 3 amide bonds. The number of Topliss-reactive ketones (excluding diaryl/α,β-unsaturated/α-hetero) is 1. The van der Waals surface area contributed by atoms with Gasteiger partial charge in [-0.3, -0.25) is 19.2 Å². The number of hydrogen-bond acceptors (Lipinski definition) is 4. The van der Waals surface area contributed by atoms with Crippen molar-refractivity contribution in [2.45, 2.75) is 27.2 Å². The Balaban J connectivity index is 2.03. The van der Waals surface area contributed by atoms with Crippen LogP contribution in [0.1, 0.15) is 37.6 Å². The van der Waals surface area contributed by atoms with Crippen molar-refractivity contribution < 1.29 is 19.2 Å². The number of anilines is 3. The fourth-order valence-electron chi connectivity index (χ4n) is 2.68. The number of carbonyl (C=O) groups is 4. The van der Waals surface area contributed by atoms with Crippen molar-refractivity contribution in [3.8, 4) is 0 Å². The van der Waals surface area contributed by atoms with Crippen LogP contribution in [0.4, 0.5) is 17.1 Å². The number of carbonyl (C=O) groups excluding carboxylic acids is 4. The van der Waals surface area contributed by atoms with Gasteiger partial charge in [0.1, 0.15) is 0 Å². The highest BCUT2D eigenvalue weighted by Crippen LogP contribution is 2.18. The average Bonchev–Trinajstić information content (AvgIpc) is 2.61. The second kappa shape index (κ2) is 9.45. The largest absolute Gasteiger partial charge is 0.326 e. The summed E-state index contributed by atoms with van der Waals surface area (Å²) in [7, 11) is 0. The first-order valence-corrected chi connectivity index (χ1v) is 8.83. The Hall–Kier alpha value is -3.48. The highest BCUT2D eigenvalue weighted by molar-refractivity contribution is 5.98. The molecule has 2 N–H and O–H groups in total. The number of nitrogens with one attached hydrogen (secondary N) is 2. The Morgan fingerprint density at radius 1 is 0.857 bits per heavy atom. The first kappa shape index (κ1) is 20.8. The number of nitrogens with zero attached hydrogens (tertiary/aromatic N) is 1. The molecule has 0 saturated heterocycles. The molecule has 0 aliphatic carbocycles. The molecule has 0 atom stereocenters. The van der Waals surface area contributed by atoms with Gasteiger partial charge >= 0.3 is 0 Å². The van der Waals surface area contributed by atoms with E-state index in [-0.39, 0.29) is 36.5 Å². The highest BCUT2D eigenvalue weighted by Gasteiger charge is 2.15. The number of benzene rings is 2. The molecule has 0 fully saturated rings. The minimum absolute atomic E-state index is 0.0776. The van der Waals surface area contributed by atoms with Gasteiger partial charge in [0.05, 0.1) is 0 Å². The van der Waals surface area contributed by atoms with Gasteiger partial charge in [0.2, 0.25) is 17.7 Å². The van der Waals surface area contributed by atoms with Crippen LogP contribution in [-0.2, 0) is 14.4 Å². The predicted octanol–water partition coefficient (Wildman–Crippen LogP) is 3.23. The van der Waals surface area contributed by atoms with Gasteiger partial charge in [-0.1, -0.05) is 18.2 Å². The van der Waals surface area contributed by atoms with Gasteiger partial charge in [0.15, 0.2) is 5.78 Å². The number of amides is 3. The topological polar surface area (TPSA) is 95.6 Å². The van der Waals surface area contributed by atoms with Crippen LogP contribution in [0.5, 0.6) is 0 Å². The third-order valence-corrected chi connectivity index (χ3v) is 3.97. The molecule has 0 spiro atoms. The van der Waals surface area contributed by atoms with Crippen molar-refractivity contribution in [2.75, 3.05) is 22.1 Å². The standard InChI is InChI=1S/C21H23N3O4/c1-14(25)17-6-4-9-20(12-17)24(16(3)27)11-10-21(28)23-19-8-5-7-18(13-19)22-15(2)26/h4-9,12-13H,10-11H2,1-3H3,(H,22,26)(H,23,28). The SMILES string of the molecule is CC(=O)Nc1cccc(NC(=O)CCN(C(C)=O)c2cccc(C(C)=O)c2)c1. The Morgan fingerprint density at radius 3 is 2.11 bits per heavy atom. The molecule has 2 aromatic carbocycles. The molecule has 0 bridgehead atoms. The third-order valence-electron chi connectivity index (χ3n) is 3.97. The molecule has 0 heterocycles. The Labute approximate surface area is 163 Å². The van der Waals surface area contributed by atoms with Crippen molar-refractivity contribution in [2.24, 2.45) is 0 Å². The van der Waals surface area contributed by atoms with Gasteiger partial charge in [0, 0.05) is 49.4 Å². The molecule has 0 saturated carbocycles. The lowest BCUT2D eigenvalue weighted by atomic mass is 10.1. The Kier molecular flexibility index (Phi) is 7.03. The minimum Gasteiger partial charge on any atom is -0.326 e. The molecule has 146 valence electrons. The van der Waals surface area contributed by atoms with Gasteiger partial charge in [-0.2, -0.15) is 0 Å². The zero-order valence-corrected chi connectivity index (χ0v) is 16.1. The second-order valence-corrected chi connectivity index (χ2v) is 6.34. The number of hydrogen-bond donors (Lipinski definition) is 2. The van der Waals surface area contributed by atoms with Crippen LogP contribution in [0, 0.1) is 0 Å². The molecule has 0 radical (unpaired) electrons. The van der Waals surface area contributed by atoms with E-state index >= 15 is 0 Å². The zero-order chi connectivity index (χ0) is 20.7. The normalized spacial score (nSPS) is 10.1. The summed E-state index contributed by atoms with van der Waals surface area (Å²) in [5, 5.41) is 5.40. The monoisotopic (exact) mass is 381 g/mol. The summed E-state index contributed by atoms with van der Waals surface area (Å²) in [4.78, 5) is 48.5. The summed E-state index contributed by atoms with van der Waals surface area (Å²) in [5.41, 5.74) is 2.20. The van der Waals surface area contributed by atoms with E-state index in [0.717, 1.165) is 0 Å². The van der Waals surface area contributed by atoms with Crippen molar-refractivity contribution in [1.29, 1.82) is 0 Å². The van der Waals surface area contributed by atoms with E-state index in [9.17, 15) is 19.2 Å². The van der Waals surface area contributed by atoms with Crippen molar-refractivity contribution in [3.63, 3.8) is 0 Å². The Morgan fingerprint density at radius 2 is 1.50 bits per heavy atom. The van der Waals surface area contributed by atoms with Crippen LogP contribution in [0.25, 0.3) is 0 Å². The maximum atomic E-state index is 12.3. The molecule has 2 aromatic rings. The van der Waals surface area contributed by atoms with E-state index < -0.39 is 0 Å². The van der Waals surface area contributed by atoms with Crippen LogP contribution >= 0.6 is 0 Å². The van der Waals surface area contributed by atoms with E-state index in [1.165, 1.54) is 25.7 Å². The van der Waals surface area contributed by atoms with E-state index in [0.29, 0.717) is 22.6 Å². The molecule has 0 aliphatic heterocycles. The van der Waals surface area contributed by atoms with Crippen molar-refractivity contribution >= 4 is 40.6 Å². The lowest BCUT2D eigenvalue weighted by Crippen LogP contribution is -2.32. The first-order valence-electron chi connectivity index (χ1n) is 8.83. The molecular formula is C21H23N3O4. The predicted molar refractivity (Wildman–Crippen MR) is 108 cm³/mol. The lowest BCUT2D eigenvalue weighted by molar-refractivity contribution is -0.117. The van der Waals surface area contributed by atoms with Crippen LogP contribution in [0.15, 0.2) is 48.5 Å². The molecule has 0 unspecified atom stereocenters. The molecule has 2 rings (SSSR count).